The fourth-order valence-electron chi connectivity index (χ4n) is 1.59. The number of carbonyl (C=O) groups excluding carboxylic acids is 2. The third kappa shape index (κ3) is 5.36. The highest BCUT2D eigenvalue weighted by Crippen LogP contribution is 2.05. The van der Waals surface area contributed by atoms with Crippen LogP contribution in [0, 0.1) is 12.8 Å². The van der Waals surface area contributed by atoms with Crippen molar-refractivity contribution in [2.75, 3.05) is 0 Å². The van der Waals surface area contributed by atoms with E-state index in [4.69, 9.17) is 12.2 Å². The van der Waals surface area contributed by atoms with Gasteiger partial charge >= 0.3 is 0 Å². The average Bonchev–Trinajstić information content (AvgIpc) is 2.35. The summed E-state index contributed by atoms with van der Waals surface area (Å²) in [5.74, 6) is -0.231. The van der Waals surface area contributed by atoms with Crippen LogP contribution >= 0.6 is 12.2 Å². The van der Waals surface area contributed by atoms with Gasteiger partial charge in [0.2, 0.25) is 5.91 Å². The zero-order valence-electron chi connectivity index (χ0n) is 11.8. The summed E-state index contributed by atoms with van der Waals surface area (Å²) in [5, 5.41) is 2.58. The first-order valence-corrected chi connectivity index (χ1v) is 6.76. The highest BCUT2D eigenvalue weighted by atomic mass is 32.1. The van der Waals surface area contributed by atoms with Gasteiger partial charge in [0.1, 0.15) is 0 Å². The molecule has 20 heavy (non-hydrogen) atoms. The number of hydrogen-bond donors (Lipinski definition) is 3. The number of amides is 2. The highest BCUT2D eigenvalue weighted by Gasteiger charge is 2.10. The van der Waals surface area contributed by atoms with Crippen LogP contribution in [-0.4, -0.2) is 16.9 Å². The van der Waals surface area contributed by atoms with Gasteiger partial charge in [-0.25, -0.2) is 0 Å². The van der Waals surface area contributed by atoms with Crippen LogP contribution in [0.1, 0.15) is 36.2 Å². The Kier molecular flexibility index (Phi) is 6.11. The Bertz CT molecular complexity index is 515. The second-order valence-corrected chi connectivity index (χ2v) is 5.28. The van der Waals surface area contributed by atoms with Crippen LogP contribution in [0.15, 0.2) is 24.3 Å². The van der Waals surface area contributed by atoms with E-state index in [-0.39, 0.29) is 22.8 Å². The average molecular weight is 293 g/mol. The summed E-state index contributed by atoms with van der Waals surface area (Å²) < 4.78 is 0. The lowest BCUT2D eigenvalue weighted by Crippen LogP contribution is -2.48. The zero-order valence-corrected chi connectivity index (χ0v) is 12.6. The SMILES string of the molecule is Cc1ccccc1C(=O)NNC(=S)NC(=O)CC(C)C. The number of thiocarbonyl (C=S) groups is 1. The molecule has 0 atom stereocenters. The fourth-order valence-corrected chi connectivity index (χ4v) is 1.75. The molecule has 0 radical (unpaired) electrons. The van der Waals surface area contributed by atoms with Crippen molar-refractivity contribution in [1.29, 1.82) is 0 Å². The molecule has 0 fully saturated rings. The van der Waals surface area contributed by atoms with Crippen molar-refractivity contribution in [3.05, 3.63) is 35.4 Å². The summed E-state index contributed by atoms with van der Waals surface area (Å²) in [6.07, 6.45) is 0.382. The van der Waals surface area contributed by atoms with Crippen LogP contribution in [0.5, 0.6) is 0 Å². The third-order valence-corrected chi connectivity index (χ3v) is 2.73. The molecular weight excluding hydrogens is 274 g/mol. The van der Waals surface area contributed by atoms with E-state index in [0.29, 0.717) is 12.0 Å². The van der Waals surface area contributed by atoms with Crippen molar-refractivity contribution in [1.82, 2.24) is 16.2 Å². The van der Waals surface area contributed by atoms with E-state index < -0.39 is 0 Å². The molecule has 0 spiro atoms. The molecule has 1 rings (SSSR count). The molecule has 0 heterocycles. The molecule has 0 saturated heterocycles. The third-order valence-electron chi connectivity index (χ3n) is 2.53. The van der Waals surface area contributed by atoms with Crippen LogP contribution in [0.2, 0.25) is 0 Å². The van der Waals surface area contributed by atoms with Gasteiger partial charge < -0.3 is 5.32 Å². The van der Waals surface area contributed by atoms with Gasteiger partial charge in [0.05, 0.1) is 0 Å². The minimum absolute atomic E-state index is 0.0811. The van der Waals surface area contributed by atoms with E-state index in [1.807, 2.05) is 32.9 Å². The largest absolute Gasteiger partial charge is 0.302 e. The summed E-state index contributed by atoms with van der Waals surface area (Å²) in [6, 6.07) is 7.20. The maximum Gasteiger partial charge on any atom is 0.269 e. The van der Waals surface area contributed by atoms with E-state index >= 15 is 0 Å². The number of aryl methyl sites for hydroxylation is 1. The molecule has 1 aromatic carbocycles. The molecule has 0 aliphatic rings. The normalized spacial score (nSPS) is 10.0. The van der Waals surface area contributed by atoms with Gasteiger partial charge in [0, 0.05) is 12.0 Å². The number of nitrogens with one attached hydrogen (secondary N) is 3. The first-order valence-electron chi connectivity index (χ1n) is 6.36. The zero-order chi connectivity index (χ0) is 15.1. The van der Waals surface area contributed by atoms with E-state index in [1.54, 1.807) is 12.1 Å². The molecule has 5 nitrogen and oxygen atoms in total. The van der Waals surface area contributed by atoms with Crippen molar-refractivity contribution >= 4 is 29.1 Å². The van der Waals surface area contributed by atoms with Gasteiger partial charge in [-0.15, -0.1) is 0 Å². The summed E-state index contributed by atoms with van der Waals surface area (Å²) in [7, 11) is 0. The molecule has 0 aliphatic carbocycles. The molecule has 0 aliphatic heterocycles. The van der Waals surface area contributed by atoms with Crippen molar-refractivity contribution in [3.63, 3.8) is 0 Å². The number of carbonyl (C=O) groups is 2. The second-order valence-electron chi connectivity index (χ2n) is 4.87. The van der Waals surface area contributed by atoms with E-state index in [9.17, 15) is 9.59 Å². The Morgan fingerprint density at radius 1 is 1.20 bits per heavy atom. The lowest BCUT2D eigenvalue weighted by Gasteiger charge is -2.12. The minimum atomic E-state index is -0.302. The predicted octanol–water partition coefficient (Wildman–Crippen LogP) is 1.68. The topological polar surface area (TPSA) is 70.2 Å². The molecule has 0 bridgehead atoms. The maximum atomic E-state index is 11.9. The maximum absolute atomic E-state index is 11.9. The summed E-state index contributed by atoms with van der Waals surface area (Å²) in [5.41, 5.74) is 6.38. The van der Waals surface area contributed by atoms with Crippen LogP contribution < -0.4 is 16.2 Å². The van der Waals surface area contributed by atoms with Crippen molar-refractivity contribution in [2.24, 2.45) is 5.92 Å². The van der Waals surface area contributed by atoms with E-state index in [2.05, 4.69) is 16.2 Å². The molecule has 108 valence electrons. The van der Waals surface area contributed by atoms with Crippen LogP contribution in [0.3, 0.4) is 0 Å². The molecule has 0 aromatic heterocycles. The molecule has 0 saturated carbocycles. The lowest BCUT2D eigenvalue weighted by molar-refractivity contribution is -0.120. The Labute approximate surface area is 124 Å². The minimum Gasteiger partial charge on any atom is -0.302 e. The first kappa shape index (κ1) is 16.1. The predicted molar refractivity (Wildman–Crippen MR) is 82.0 cm³/mol. The molecule has 0 unspecified atom stereocenters. The smallest absolute Gasteiger partial charge is 0.269 e. The van der Waals surface area contributed by atoms with Crippen molar-refractivity contribution in [3.8, 4) is 0 Å². The molecule has 1 aromatic rings. The fraction of sp³-hybridized carbons (Fsp3) is 0.357. The number of rotatable bonds is 3. The Hall–Kier alpha value is -1.95. The van der Waals surface area contributed by atoms with Crippen LogP contribution in [-0.2, 0) is 4.79 Å². The van der Waals surface area contributed by atoms with Crippen LogP contribution in [0.4, 0.5) is 0 Å². The molecular formula is C14H19N3O2S. The number of hydrogen-bond acceptors (Lipinski definition) is 3. The van der Waals surface area contributed by atoms with Crippen molar-refractivity contribution in [2.45, 2.75) is 27.2 Å². The number of hydrazine groups is 1. The lowest BCUT2D eigenvalue weighted by atomic mass is 10.1. The second kappa shape index (κ2) is 7.59. The first-order chi connectivity index (χ1) is 9.40. The van der Waals surface area contributed by atoms with Crippen molar-refractivity contribution < 1.29 is 9.59 Å². The monoisotopic (exact) mass is 293 g/mol. The molecule has 3 N–H and O–H groups in total. The van der Waals surface area contributed by atoms with E-state index in [1.165, 1.54) is 0 Å². The highest BCUT2D eigenvalue weighted by molar-refractivity contribution is 7.80. The Morgan fingerprint density at radius 2 is 1.85 bits per heavy atom. The van der Waals surface area contributed by atoms with E-state index in [0.717, 1.165) is 5.56 Å². The summed E-state index contributed by atoms with van der Waals surface area (Å²) in [6.45, 7) is 5.73. The van der Waals surface area contributed by atoms with Gasteiger partial charge in [-0.1, -0.05) is 32.0 Å². The van der Waals surface area contributed by atoms with Gasteiger partial charge in [-0.2, -0.15) is 0 Å². The Morgan fingerprint density at radius 3 is 2.45 bits per heavy atom. The van der Waals surface area contributed by atoms with Gasteiger partial charge in [0.15, 0.2) is 5.11 Å². The number of benzene rings is 1. The summed E-state index contributed by atoms with van der Waals surface area (Å²) >= 11 is 4.93. The quantitative estimate of drug-likeness (QED) is 0.586. The summed E-state index contributed by atoms with van der Waals surface area (Å²) in [4.78, 5) is 23.4. The Balaban J connectivity index is 2.44. The van der Waals surface area contributed by atoms with Crippen LogP contribution in [0.25, 0.3) is 0 Å². The van der Waals surface area contributed by atoms with Gasteiger partial charge in [-0.3, -0.25) is 20.4 Å². The molecule has 2 amide bonds. The molecule has 6 heteroatoms. The van der Waals surface area contributed by atoms with Gasteiger partial charge in [-0.05, 0) is 36.7 Å². The van der Waals surface area contributed by atoms with Gasteiger partial charge in [0.25, 0.3) is 5.91 Å². The standard InChI is InChI=1S/C14H19N3O2S/c1-9(2)8-12(18)15-14(20)17-16-13(19)11-7-5-4-6-10(11)3/h4-7,9H,8H2,1-3H3,(H,16,19)(H2,15,17,18,20).